The van der Waals surface area contributed by atoms with Crippen LogP contribution >= 0.6 is 0 Å². The minimum Gasteiger partial charge on any atom is -0.353 e. The number of hydrogen-bond donors (Lipinski definition) is 3. The predicted octanol–water partition coefficient (Wildman–Crippen LogP) is -0.259. The first-order valence-electron chi connectivity index (χ1n) is 7.75. The van der Waals surface area contributed by atoms with Crippen LogP contribution in [0.15, 0.2) is 28.7 Å². The summed E-state index contributed by atoms with van der Waals surface area (Å²) in [5.41, 5.74) is 12.8. The molecule has 0 aliphatic carbocycles. The number of nitrogens with two attached hydrogens (primary N) is 1. The van der Waals surface area contributed by atoms with Crippen molar-refractivity contribution in [2.24, 2.45) is 10.7 Å². The van der Waals surface area contributed by atoms with E-state index in [1.54, 1.807) is 0 Å². The third-order valence-electron chi connectivity index (χ3n) is 4.22. The highest BCUT2D eigenvalue weighted by Crippen LogP contribution is 2.39. The fraction of sp³-hybridized carbons (Fsp3) is 0.500. The predicted molar refractivity (Wildman–Crippen MR) is 86.2 cm³/mol. The molecule has 3 aliphatic rings. The van der Waals surface area contributed by atoms with Gasteiger partial charge in [-0.25, -0.2) is 0 Å². The number of fused-ring (bicyclic) bond motifs is 4. The van der Waals surface area contributed by atoms with Crippen LogP contribution in [-0.2, 0) is 4.74 Å². The van der Waals surface area contributed by atoms with E-state index in [9.17, 15) is 0 Å². The first kappa shape index (κ1) is 14.4. The molecular formula is C14H20N8O. The number of anilines is 1. The number of aliphatic imine (C=N–C) groups is 1. The van der Waals surface area contributed by atoms with Crippen molar-refractivity contribution < 1.29 is 4.74 Å². The molecule has 4 N–H and O–H groups in total. The summed E-state index contributed by atoms with van der Waals surface area (Å²) < 4.78 is 7.70. The minimum atomic E-state index is -0.327. The molecule has 0 amide bonds. The smallest absolute Gasteiger partial charge is 0.228 e. The van der Waals surface area contributed by atoms with Crippen LogP contribution in [0.5, 0.6) is 0 Å². The SMILES string of the molecule is CCN1NC=C2C3=C(C(C)=NC21)C(OCCN)Nc1ncnn13. The lowest BCUT2D eigenvalue weighted by molar-refractivity contribution is 0.103. The van der Waals surface area contributed by atoms with E-state index in [2.05, 4.69) is 32.8 Å². The highest BCUT2D eigenvalue weighted by atomic mass is 16.5. The normalized spacial score (nSPS) is 25.9. The lowest BCUT2D eigenvalue weighted by atomic mass is 9.96. The van der Waals surface area contributed by atoms with Gasteiger partial charge in [-0.2, -0.15) is 19.8 Å². The Labute approximate surface area is 133 Å². The molecule has 4 rings (SSSR count). The van der Waals surface area contributed by atoms with Gasteiger partial charge in [0, 0.05) is 36.1 Å². The number of aromatic nitrogens is 3. The van der Waals surface area contributed by atoms with E-state index >= 15 is 0 Å². The summed E-state index contributed by atoms with van der Waals surface area (Å²) in [6, 6.07) is 0. The molecule has 1 aromatic heterocycles. The number of hydrazine groups is 1. The van der Waals surface area contributed by atoms with Crippen LogP contribution in [0.3, 0.4) is 0 Å². The molecule has 3 aliphatic heterocycles. The second kappa shape index (κ2) is 5.44. The largest absolute Gasteiger partial charge is 0.353 e. The van der Waals surface area contributed by atoms with E-state index in [0.717, 1.165) is 29.1 Å². The second-order valence-electron chi connectivity index (χ2n) is 5.54. The number of nitrogens with zero attached hydrogens (tertiary/aromatic N) is 5. The zero-order valence-corrected chi connectivity index (χ0v) is 13.2. The number of dihydropyridines is 1. The lowest BCUT2D eigenvalue weighted by Crippen LogP contribution is -2.43. The monoisotopic (exact) mass is 316 g/mol. The van der Waals surface area contributed by atoms with Gasteiger partial charge in [-0.3, -0.25) is 4.99 Å². The van der Waals surface area contributed by atoms with Crippen LogP contribution in [0.4, 0.5) is 5.95 Å². The number of nitrogens with one attached hydrogen (secondary N) is 2. The molecule has 0 spiro atoms. The Morgan fingerprint density at radius 1 is 1.43 bits per heavy atom. The molecule has 2 unspecified atom stereocenters. The number of rotatable bonds is 4. The molecule has 0 radical (unpaired) electrons. The summed E-state index contributed by atoms with van der Waals surface area (Å²) in [5.74, 6) is 0.662. The Morgan fingerprint density at radius 2 is 2.30 bits per heavy atom. The third-order valence-corrected chi connectivity index (χ3v) is 4.22. The van der Waals surface area contributed by atoms with Crippen molar-refractivity contribution in [3.63, 3.8) is 0 Å². The van der Waals surface area contributed by atoms with Gasteiger partial charge >= 0.3 is 0 Å². The maximum absolute atomic E-state index is 5.88. The van der Waals surface area contributed by atoms with Crippen LogP contribution in [-0.4, -0.2) is 57.6 Å². The quantitative estimate of drug-likeness (QED) is 0.703. The fourth-order valence-electron chi connectivity index (χ4n) is 3.19. The zero-order valence-electron chi connectivity index (χ0n) is 13.2. The van der Waals surface area contributed by atoms with Crippen molar-refractivity contribution in [1.29, 1.82) is 0 Å². The first-order chi connectivity index (χ1) is 11.2. The Bertz CT molecular complexity index is 718. The van der Waals surface area contributed by atoms with Gasteiger partial charge in [0.1, 0.15) is 12.5 Å². The van der Waals surface area contributed by atoms with Crippen LogP contribution in [0, 0.1) is 0 Å². The van der Waals surface area contributed by atoms with Crippen LogP contribution in [0.25, 0.3) is 5.70 Å². The van der Waals surface area contributed by atoms with Gasteiger partial charge in [0.25, 0.3) is 0 Å². The molecule has 9 heteroatoms. The molecule has 0 fully saturated rings. The summed E-state index contributed by atoms with van der Waals surface area (Å²) in [5, 5.41) is 9.70. The Hall–Kier alpha value is -2.23. The van der Waals surface area contributed by atoms with Gasteiger partial charge in [0.05, 0.1) is 12.3 Å². The van der Waals surface area contributed by atoms with Gasteiger partial charge in [0.15, 0.2) is 6.23 Å². The molecule has 2 atom stereocenters. The van der Waals surface area contributed by atoms with Crippen molar-refractivity contribution >= 4 is 17.4 Å². The molecule has 0 saturated heterocycles. The summed E-state index contributed by atoms with van der Waals surface area (Å²) in [6.07, 6.45) is 3.14. The highest BCUT2D eigenvalue weighted by Gasteiger charge is 2.41. The third kappa shape index (κ3) is 2.08. The molecular weight excluding hydrogens is 296 g/mol. The average molecular weight is 316 g/mol. The van der Waals surface area contributed by atoms with Gasteiger partial charge < -0.3 is 21.2 Å². The van der Waals surface area contributed by atoms with Crippen LogP contribution in [0.1, 0.15) is 13.8 Å². The minimum absolute atomic E-state index is 0.0518. The van der Waals surface area contributed by atoms with E-state index in [-0.39, 0.29) is 12.4 Å². The van der Waals surface area contributed by atoms with E-state index < -0.39 is 0 Å². The summed E-state index contributed by atoms with van der Waals surface area (Å²) in [6.45, 7) is 5.85. The molecule has 4 heterocycles. The van der Waals surface area contributed by atoms with Gasteiger partial charge in [-0.15, -0.1) is 0 Å². The topological polar surface area (TPSA) is 106 Å². The Morgan fingerprint density at radius 3 is 3.09 bits per heavy atom. The second-order valence-corrected chi connectivity index (χ2v) is 5.54. The molecule has 9 nitrogen and oxygen atoms in total. The molecule has 1 aromatic rings. The number of likely N-dealkylation sites (N-methyl/N-ethyl adjacent to an activating group) is 1. The summed E-state index contributed by atoms with van der Waals surface area (Å²) in [4.78, 5) is 9.12. The van der Waals surface area contributed by atoms with E-state index in [1.807, 2.05) is 17.8 Å². The maximum atomic E-state index is 5.88. The first-order valence-corrected chi connectivity index (χ1v) is 7.75. The number of ether oxygens (including phenoxy) is 1. The zero-order chi connectivity index (χ0) is 16.0. The lowest BCUT2D eigenvalue weighted by Gasteiger charge is -2.35. The van der Waals surface area contributed by atoms with Gasteiger partial charge in [0.2, 0.25) is 5.95 Å². The Balaban J connectivity index is 1.83. The van der Waals surface area contributed by atoms with Crippen molar-refractivity contribution in [2.75, 3.05) is 25.0 Å². The molecule has 0 saturated carbocycles. The summed E-state index contributed by atoms with van der Waals surface area (Å²) >= 11 is 0. The highest BCUT2D eigenvalue weighted by molar-refractivity contribution is 6.09. The van der Waals surface area contributed by atoms with E-state index in [0.29, 0.717) is 19.1 Å². The number of hydrogen-bond acceptors (Lipinski definition) is 8. The van der Waals surface area contributed by atoms with E-state index in [1.165, 1.54) is 6.33 Å². The standard InChI is InChI=1S/C14H20N8O/c1-3-21-12-9(6-17-21)11-10(8(2)19-12)13(23-5-4-15)20-14-16-7-18-22(11)14/h6-7,12-13,17H,3-5,15H2,1-2H3,(H,16,18,20). The van der Waals surface area contributed by atoms with E-state index in [4.69, 9.17) is 15.5 Å². The van der Waals surface area contributed by atoms with Crippen molar-refractivity contribution in [1.82, 2.24) is 25.2 Å². The van der Waals surface area contributed by atoms with Crippen molar-refractivity contribution in [3.8, 4) is 0 Å². The summed E-state index contributed by atoms with van der Waals surface area (Å²) in [7, 11) is 0. The average Bonchev–Trinajstić information content (AvgIpc) is 3.18. The van der Waals surface area contributed by atoms with Crippen LogP contribution in [0.2, 0.25) is 0 Å². The van der Waals surface area contributed by atoms with Gasteiger partial charge in [-0.1, -0.05) is 6.92 Å². The van der Waals surface area contributed by atoms with Crippen molar-refractivity contribution in [2.45, 2.75) is 26.2 Å². The molecule has 0 bridgehead atoms. The van der Waals surface area contributed by atoms with Crippen molar-refractivity contribution in [3.05, 3.63) is 23.7 Å². The molecule has 122 valence electrons. The van der Waals surface area contributed by atoms with Gasteiger partial charge in [-0.05, 0) is 6.92 Å². The molecule has 0 aromatic carbocycles. The maximum Gasteiger partial charge on any atom is 0.228 e. The fourth-order valence-corrected chi connectivity index (χ4v) is 3.19. The molecule has 23 heavy (non-hydrogen) atoms. The Kier molecular flexibility index (Phi) is 3.40. The van der Waals surface area contributed by atoms with Crippen LogP contribution < -0.4 is 16.5 Å².